The number of nitrogens with zero attached hydrogens (tertiary/aromatic N) is 3. The van der Waals surface area contributed by atoms with Gasteiger partial charge in [-0.15, -0.1) is 11.3 Å². The summed E-state index contributed by atoms with van der Waals surface area (Å²) in [5, 5.41) is 12.7. The van der Waals surface area contributed by atoms with E-state index in [2.05, 4.69) is 9.97 Å². The van der Waals surface area contributed by atoms with Gasteiger partial charge in [0.1, 0.15) is 10.6 Å². The topological polar surface area (TPSA) is 112 Å². The van der Waals surface area contributed by atoms with Gasteiger partial charge in [-0.05, 0) is 62.1 Å². The van der Waals surface area contributed by atoms with Crippen LogP contribution in [0.1, 0.15) is 40.6 Å². The van der Waals surface area contributed by atoms with Crippen molar-refractivity contribution >= 4 is 50.6 Å². The molecule has 2 heterocycles. The number of hydrogen-bond acceptors (Lipinski definition) is 8. The summed E-state index contributed by atoms with van der Waals surface area (Å²) in [4.78, 5) is 33.9. The number of ketones is 1. The normalized spacial score (nSPS) is 13.5. The third-order valence-corrected chi connectivity index (χ3v) is 6.70. The number of nitrogens with two attached hydrogens (primary N) is 1. The number of benzene rings is 1. The minimum atomic E-state index is -0.499. The molecule has 0 radical (unpaired) electrons. The zero-order valence-electron chi connectivity index (χ0n) is 14.5. The maximum atomic E-state index is 11.5. The second-order valence-electron chi connectivity index (χ2n) is 6.38. The van der Waals surface area contributed by atoms with Gasteiger partial charge < -0.3 is 5.73 Å². The van der Waals surface area contributed by atoms with Crippen LogP contribution in [0.5, 0.6) is 0 Å². The van der Waals surface area contributed by atoms with Crippen LogP contribution in [0.2, 0.25) is 0 Å². The second-order valence-corrected chi connectivity index (χ2v) is 8.47. The zero-order chi connectivity index (χ0) is 19.1. The van der Waals surface area contributed by atoms with Crippen molar-refractivity contribution in [3.05, 3.63) is 44.3 Å². The standard InChI is InChI=1S/C18H16N4O3S2/c1-9(23)10-6-7-14(12(8-10)22(24)25)27-18-20-16(19)15-11-4-2-3-5-13(11)26-17(15)21-18/h6-8H,2-5H2,1H3,(H2,19,20,21). The van der Waals surface area contributed by atoms with E-state index < -0.39 is 4.92 Å². The highest BCUT2D eigenvalue weighted by atomic mass is 32.2. The predicted octanol–water partition coefficient (Wildman–Crippen LogP) is 4.41. The molecule has 0 amide bonds. The van der Waals surface area contributed by atoms with Crippen molar-refractivity contribution in [2.24, 2.45) is 0 Å². The summed E-state index contributed by atoms with van der Waals surface area (Å²) in [6.45, 7) is 1.38. The first-order chi connectivity index (χ1) is 12.9. The van der Waals surface area contributed by atoms with E-state index in [0.717, 1.165) is 41.2 Å². The van der Waals surface area contributed by atoms with Crippen molar-refractivity contribution in [3.8, 4) is 0 Å². The number of thiophene rings is 1. The monoisotopic (exact) mass is 400 g/mol. The molecule has 1 aliphatic carbocycles. The maximum absolute atomic E-state index is 11.5. The smallest absolute Gasteiger partial charge is 0.284 e. The molecule has 0 saturated carbocycles. The molecule has 0 fully saturated rings. The van der Waals surface area contributed by atoms with Crippen LogP contribution in [0.4, 0.5) is 11.5 Å². The number of nitrogen functional groups attached to an aromatic ring is 1. The number of fused-ring (bicyclic) bond motifs is 3. The van der Waals surface area contributed by atoms with Gasteiger partial charge in [0, 0.05) is 16.5 Å². The zero-order valence-corrected chi connectivity index (χ0v) is 16.2. The van der Waals surface area contributed by atoms with Crippen molar-refractivity contribution in [2.45, 2.75) is 42.7 Å². The molecule has 0 bridgehead atoms. The average molecular weight is 400 g/mol. The third-order valence-electron chi connectivity index (χ3n) is 4.59. The Morgan fingerprint density at radius 3 is 2.81 bits per heavy atom. The van der Waals surface area contributed by atoms with E-state index in [1.54, 1.807) is 23.5 Å². The molecule has 9 heteroatoms. The van der Waals surface area contributed by atoms with Crippen LogP contribution >= 0.6 is 23.1 Å². The van der Waals surface area contributed by atoms with Crippen LogP contribution < -0.4 is 5.73 Å². The van der Waals surface area contributed by atoms with Crippen LogP contribution in [0.3, 0.4) is 0 Å². The first-order valence-corrected chi connectivity index (χ1v) is 10.1. The summed E-state index contributed by atoms with van der Waals surface area (Å²) < 4.78 is 0. The molecule has 0 spiro atoms. The lowest BCUT2D eigenvalue weighted by Gasteiger charge is -2.10. The number of anilines is 1. The number of aromatic nitrogens is 2. The van der Waals surface area contributed by atoms with E-state index >= 15 is 0 Å². The Labute approximate surface area is 163 Å². The quantitative estimate of drug-likeness (QED) is 0.299. The van der Waals surface area contributed by atoms with Gasteiger partial charge in [0.15, 0.2) is 10.9 Å². The molecule has 7 nitrogen and oxygen atoms in total. The van der Waals surface area contributed by atoms with Crippen molar-refractivity contribution in [2.75, 3.05) is 5.73 Å². The van der Waals surface area contributed by atoms with Crippen LogP contribution in [-0.2, 0) is 12.8 Å². The minimum Gasteiger partial charge on any atom is -0.383 e. The highest BCUT2D eigenvalue weighted by molar-refractivity contribution is 7.99. The summed E-state index contributed by atoms with van der Waals surface area (Å²) in [5.74, 6) is 0.200. The lowest BCUT2D eigenvalue weighted by atomic mass is 9.97. The number of Topliss-reactive ketones (excluding diaryl/α,β-unsaturated/α-hetero) is 1. The van der Waals surface area contributed by atoms with Gasteiger partial charge in [0.05, 0.1) is 15.2 Å². The van der Waals surface area contributed by atoms with E-state index in [1.165, 1.54) is 29.9 Å². The number of nitro groups is 1. The molecule has 0 unspecified atom stereocenters. The van der Waals surface area contributed by atoms with Gasteiger partial charge in [-0.3, -0.25) is 14.9 Å². The second kappa shape index (κ2) is 6.90. The van der Waals surface area contributed by atoms with Gasteiger partial charge in [-0.2, -0.15) is 0 Å². The number of hydrogen-bond donors (Lipinski definition) is 1. The fourth-order valence-electron chi connectivity index (χ4n) is 3.27. The Morgan fingerprint density at radius 1 is 1.30 bits per heavy atom. The first kappa shape index (κ1) is 17.9. The Morgan fingerprint density at radius 2 is 2.07 bits per heavy atom. The third kappa shape index (κ3) is 3.28. The molecular weight excluding hydrogens is 384 g/mol. The molecule has 2 N–H and O–H groups in total. The van der Waals surface area contributed by atoms with E-state index in [0.29, 0.717) is 21.4 Å². The molecular formula is C18H16N4O3S2. The maximum Gasteiger partial charge on any atom is 0.284 e. The Hall–Kier alpha value is -2.52. The van der Waals surface area contributed by atoms with Crippen LogP contribution in [0.15, 0.2) is 28.3 Å². The van der Waals surface area contributed by atoms with Crippen molar-refractivity contribution in [1.29, 1.82) is 0 Å². The molecule has 0 saturated heterocycles. The van der Waals surface area contributed by atoms with Crippen molar-refractivity contribution < 1.29 is 9.72 Å². The Bertz CT molecular complexity index is 1090. The first-order valence-electron chi connectivity index (χ1n) is 8.49. The van der Waals surface area contributed by atoms with Crippen LogP contribution in [0, 0.1) is 10.1 Å². The van der Waals surface area contributed by atoms with E-state index in [1.807, 2.05) is 0 Å². The number of carbonyl (C=O) groups is 1. The van der Waals surface area contributed by atoms with Crippen molar-refractivity contribution in [3.63, 3.8) is 0 Å². The van der Waals surface area contributed by atoms with Gasteiger partial charge in [0.2, 0.25) is 0 Å². The molecule has 3 aromatic rings. The molecule has 1 aromatic carbocycles. The van der Waals surface area contributed by atoms with Gasteiger partial charge in [-0.1, -0.05) is 0 Å². The molecule has 1 aliphatic rings. The molecule has 2 aromatic heterocycles. The van der Waals surface area contributed by atoms with Gasteiger partial charge >= 0.3 is 0 Å². The number of carbonyl (C=O) groups excluding carboxylic acids is 1. The van der Waals surface area contributed by atoms with Gasteiger partial charge in [0.25, 0.3) is 5.69 Å². The molecule has 0 aliphatic heterocycles. The Balaban J connectivity index is 1.76. The number of aryl methyl sites for hydroxylation is 2. The lowest BCUT2D eigenvalue weighted by Crippen LogP contribution is -2.01. The summed E-state index contributed by atoms with van der Waals surface area (Å²) in [6.07, 6.45) is 4.34. The molecule has 138 valence electrons. The summed E-state index contributed by atoms with van der Waals surface area (Å²) in [7, 11) is 0. The van der Waals surface area contributed by atoms with E-state index in [9.17, 15) is 14.9 Å². The molecule has 4 rings (SSSR count). The van der Waals surface area contributed by atoms with E-state index in [4.69, 9.17) is 5.73 Å². The van der Waals surface area contributed by atoms with Crippen LogP contribution in [-0.4, -0.2) is 20.7 Å². The molecule has 0 atom stereocenters. The predicted molar refractivity (Wildman–Crippen MR) is 106 cm³/mol. The SMILES string of the molecule is CC(=O)c1ccc(Sc2nc(N)c3c4c(sc3n2)CCCC4)c([N+](=O)[O-])c1. The largest absolute Gasteiger partial charge is 0.383 e. The fraction of sp³-hybridized carbons (Fsp3) is 0.278. The number of rotatable bonds is 4. The van der Waals surface area contributed by atoms with Crippen molar-refractivity contribution in [1.82, 2.24) is 9.97 Å². The Kier molecular flexibility index (Phi) is 4.56. The average Bonchev–Trinajstić information content (AvgIpc) is 3.00. The fourth-order valence-corrected chi connectivity index (χ4v) is 5.45. The summed E-state index contributed by atoms with van der Waals surface area (Å²) in [6, 6.07) is 4.42. The van der Waals surface area contributed by atoms with E-state index in [-0.39, 0.29) is 11.5 Å². The minimum absolute atomic E-state index is 0.138. The van der Waals surface area contributed by atoms with Gasteiger partial charge in [-0.25, -0.2) is 9.97 Å². The number of nitro benzene ring substituents is 1. The summed E-state index contributed by atoms with van der Waals surface area (Å²) >= 11 is 2.72. The molecule has 27 heavy (non-hydrogen) atoms. The van der Waals surface area contributed by atoms with Crippen LogP contribution in [0.25, 0.3) is 10.2 Å². The highest BCUT2D eigenvalue weighted by Crippen LogP contribution is 2.40. The highest BCUT2D eigenvalue weighted by Gasteiger charge is 2.22. The summed E-state index contributed by atoms with van der Waals surface area (Å²) in [5.41, 5.74) is 7.62. The lowest BCUT2D eigenvalue weighted by molar-refractivity contribution is -0.387.